The van der Waals surface area contributed by atoms with Crippen LogP contribution in [0.4, 0.5) is 4.39 Å². The second-order valence-corrected chi connectivity index (χ2v) is 5.74. The number of likely N-dealkylation sites (tertiary alicyclic amines) is 1. The van der Waals surface area contributed by atoms with Crippen LogP contribution in [-0.2, 0) is 9.59 Å². The molecule has 1 atom stereocenters. The van der Waals surface area contributed by atoms with Gasteiger partial charge in [0.25, 0.3) is 5.91 Å². The fraction of sp³-hybridized carbons (Fsp3) is 0.467. The lowest BCUT2D eigenvalue weighted by Crippen LogP contribution is -2.46. The Hall–Kier alpha value is -1.82. The minimum Gasteiger partial charge on any atom is -0.479 e. The van der Waals surface area contributed by atoms with Gasteiger partial charge in [-0.2, -0.15) is 0 Å². The zero-order valence-corrected chi connectivity index (χ0v) is 13.0. The molecular weight excluding hydrogens is 311 g/mol. The summed E-state index contributed by atoms with van der Waals surface area (Å²) < 4.78 is 18.5. The van der Waals surface area contributed by atoms with Crippen LogP contribution in [0.15, 0.2) is 18.2 Å². The molecule has 1 aliphatic heterocycles. The van der Waals surface area contributed by atoms with Crippen LogP contribution in [0, 0.1) is 11.7 Å². The molecule has 1 aromatic rings. The zero-order chi connectivity index (χ0) is 16.3. The average Bonchev–Trinajstić information content (AvgIpc) is 2.49. The summed E-state index contributed by atoms with van der Waals surface area (Å²) in [5.41, 5.74) is 5.27. The van der Waals surface area contributed by atoms with E-state index in [4.69, 9.17) is 22.1 Å². The van der Waals surface area contributed by atoms with Crippen LogP contribution >= 0.6 is 11.6 Å². The fourth-order valence-electron chi connectivity index (χ4n) is 2.45. The molecule has 1 saturated heterocycles. The Kier molecular flexibility index (Phi) is 5.24. The lowest BCUT2D eigenvalue weighted by atomic mass is 9.96. The summed E-state index contributed by atoms with van der Waals surface area (Å²) in [6.07, 6.45) is 0.379. The lowest BCUT2D eigenvalue weighted by molar-refractivity contribution is -0.140. The summed E-state index contributed by atoms with van der Waals surface area (Å²) in [5.74, 6) is -0.898. The number of ether oxygens (including phenoxy) is 1. The normalized spacial score (nSPS) is 17.1. The fourth-order valence-corrected chi connectivity index (χ4v) is 2.66. The highest BCUT2D eigenvalue weighted by Gasteiger charge is 2.29. The van der Waals surface area contributed by atoms with Crippen molar-refractivity contribution in [1.82, 2.24) is 4.90 Å². The first-order chi connectivity index (χ1) is 10.4. The molecule has 7 heteroatoms. The van der Waals surface area contributed by atoms with Crippen molar-refractivity contribution in [1.29, 1.82) is 0 Å². The van der Waals surface area contributed by atoms with Crippen LogP contribution in [0.25, 0.3) is 0 Å². The van der Waals surface area contributed by atoms with Crippen LogP contribution < -0.4 is 10.5 Å². The van der Waals surface area contributed by atoms with E-state index < -0.39 is 11.9 Å². The first-order valence-electron chi connectivity index (χ1n) is 7.08. The molecule has 2 amide bonds. The highest BCUT2D eigenvalue weighted by atomic mass is 35.5. The van der Waals surface area contributed by atoms with Gasteiger partial charge >= 0.3 is 0 Å². The smallest absolute Gasteiger partial charge is 0.263 e. The first-order valence-corrected chi connectivity index (χ1v) is 7.46. The minimum absolute atomic E-state index is 0.118. The van der Waals surface area contributed by atoms with Crippen molar-refractivity contribution in [2.75, 3.05) is 13.1 Å². The van der Waals surface area contributed by atoms with Crippen molar-refractivity contribution in [3.05, 3.63) is 29.0 Å². The molecule has 0 aromatic heterocycles. The van der Waals surface area contributed by atoms with E-state index in [0.717, 1.165) is 6.07 Å². The number of hydrogen-bond donors (Lipinski definition) is 1. The zero-order valence-electron chi connectivity index (χ0n) is 12.2. The molecule has 2 rings (SSSR count). The third-order valence-corrected chi connectivity index (χ3v) is 4.05. The standard InChI is InChI=1S/C15H18ClFN2O3/c1-9(22-13-3-2-11(17)8-12(13)16)15(21)19-6-4-10(5-7-19)14(18)20/h2-3,8-10H,4-7H2,1H3,(H2,18,20). The Morgan fingerprint density at radius 2 is 2.05 bits per heavy atom. The van der Waals surface area contributed by atoms with E-state index in [1.807, 2.05) is 0 Å². The highest BCUT2D eigenvalue weighted by Crippen LogP contribution is 2.26. The van der Waals surface area contributed by atoms with Gasteiger partial charge in [-0.05, 0) is 38.0 Å². The van der Waals surface area contributed by atoms with Crippen LogP contribution in [0.2, 0.25) is 5.02 Å². The number of primary amides is 1. The molecule has 1 unspecified atom stereocenters. The van der Waals surface area contributed by atoms with Crippen molar-refractivity contribution >= 4 is 23.4 Å². The Morgan fingerprint density at radius 3 is 2.59 bits per heavy atom. The maximum Gasteiger partial charge on any atom is 0.263 e. The largest absolute Gasteiger partial charge is 0.479 e. The van der Waals surface area contributed by atoms with Gasteiger partial charge in [0.15, 0.2) is 6.10 Å². The maximum absolute atomic E-state index is 13.0. The van der Waals surface area contributed by atoms with Gasteiger partial charge in [-0.25, -0.2) is 4.39 Å². The van der Waals surface area contributed by atoms with Gasteiger partial charge in [0.2, 0.25) is 5.91 Å². The first kappa shape index (κ1) is 16.5. The monoisotopic (exact) mass is 328 g/mol. The van der Waals surface area contributed by atoms with Gasteiger partial charge in [-0.15, -0.1) is 0 Å². The topological polar surface area (TPSA) is 72.6 Å². The molecule has 0 bridgehead atoms. The number of amides is 2. The number of benzene rings is 1. The van der Waals surface area contributed by atoms with Gasteiger partial charge in [0, 0.05) is 19.0 Å². The van der Waals surface area contributed by atoms with Gasteiger partial charge in [-0.3, -0.25) is 9.59 Å². The number of rotatable bonds is 4. The van der Waals surface area contributed by atoms with Gasteiger partial charge in [0.1, 0.15) is 11.6 Å². The van der Waals surface area contributed by atoms with E-state index >= 15 is 0 Å². The quantitative estimate of drug-likeness (QED) is 0.918. The Labute approximate surface area is 133 Å². The number of halogens is 2. The number of carbonyl (C=O) groups excluding carboxylic acids is 2. The molecule has 0 saturated carbocycles. The van der Waals surface area contributed by atoms with Crippen LogP contribution in [0.1, 0.15) is 19.8 Å². The molecule has 2 N–H and O–H groups in total. The Bertz CT molecular complexity index is 574. The van der Waals surface area contributed by atoms with Crippen LogP contribution in [0.5, 0.6) is 5.75 Å². The van der Waals surface area contributed by atoms with E-state index in [-0.39, 0.29) is 28.5 Å². The van der Waals surface area contributed by atoms with Gasteiger partial charge in [-0.1, -0.05) is 11.6 Å². The molecule has 1 heterocycles. The number of nitrogens with zero attached hydrogens (tertiary/aromatic N) is 1. The predicted octanol–water partition coefficient (Wildman–Crippen LogP) is 1.97. The summed E-state index contributed by atoms with van der Waals surface area (Å²) in [7, 11) is 0. The molecule has 1 fully saturated rings. The molecule has 120 valence electrons. The SMILES string of the molecule is CC(Oc1ccc(F)cc1Cl)C(=O)N1CCC(C(N)=O)CC1. The summed E-state index contributed by atoms with van der Waals surface area (Å²) in [4.78, 5) is 25.1. The summed E-state index contributed by atoms with van der Waals surface area (Å²) in [5, 5.41) is 0.118. The van der Waals surface area contributed by atoms with Crippen molar-refractivity contribution in [2.45, 2.75) is 25.9 Å². The minimum atomic E-state index is -0.743. The van der Waals surface area contributed by atoms with E-state index in [2.05, 4.69) is 0 Å². The molecule has 0 radical (unpaired) electrons. The second kappa shape index (κ2) is 6.96. The summed E-state index contributed by atoms with van der Waals surface area (Å²) in [6.45, 7) is 2.55. The molecule has 0 spiro atoms. The summed E-state index contributed by atoms with van der Waals surface area (Å²) >= 11 is 5.88. The Morgan fingerprint density at radius 1 is 1.41 bits per heavy atom. The Balaban J connectivity index is 1.94. The highest BCUT2D eigenvalue weighted by molar-refractivity contribution is 6.32. The predicted molar refractivity (Wildman–Crippen MR) is 80.0 cm³/mol. The number of piperidine rings is 1. The number of hydrogen-bond acceptors (Lipinski definition) is 3. The van der Waals surface area contributed by atoms with E-state index in [9.17, 15) is 14.0 Å². The van der Waals surface area contributed by atoms with Crippen molar-refractivity contribution in [2.24, 2.45) is 11.7 Å². The molecular formula is C15H18ClFN2O3. The van der Waals surface area contributed by atoms with Crippen molar-refractivity contribution in [3.8, 4) is 5.75 Å². The number of carbonyl (C=O) groups is 2. The maximum atomic E-state index is 13.0. The summed E-state index contributed by atoms with van der Waals surface area (Å²) in [6, 6.07) is 3.74. The van der Waals surface area contributed by atoms with Crippen molar-refractivity contribution < 1.29 is 18.7 Å². The molecule has 1 aromatic carbocycles. The van der Waals surface area contributed by atoms with Crippen molar-refractivity contribution in [3.63, 3.8) is 0 Å². The third kappa shape index (κ3) is 3.88. The average molecular weight is 329 g/mol. The third-order valence-electron chi connectivity index (χ3n) is 3.75. The van der Waals surface area contributed by atoms with E-state index in [1.54, 1.807) is 11.8 Å². The van der Waals surface area contributed by atoms with E-state index in [0.29, 0.717) is 25.9 Å². The van der Waals surface area contributed by atoms with Crippen LogP contribution in [-0.4, -0.2) is 35.9 Å². The van der Waals surface area contributed by atoms with E-state index in [1.165, 1.54) is 12.1 Å². The molecule has 0 aliphatic carbocycles. The van der Waals surface area contributed by atoms with Gasteiger partial charge in [0.05, 0.1) is 5.02 Å². The molecule has 1 aliphatic rings. The van der Waals surface area contributed by atoms with Crippen LogP contribution in [0.3, 0.4) is 0 Å². The molecule has 5 nitrogen and oxygen atoms in total. The van der Waals surface area contributed by atoms with Gasteiger partial charge < -0.3 is 15.4 Å². The molecule has 22 heavy (non-hydrogen) atoms. The number of nitrogens with two attached hydrogens (primary N) is 1. The lowest BCUT2D eigenvalue weighted by Gasteiger charge is -2.32. The second-order valence-electron chi connectivity index (χ2n) is 5.34.